The summed E-state index contributed by atoms with van der Waals surface area (Å²) in [6.45, 7) is 5.77. The molecule has 0 aliphatic heterocycles. The molecule has 2 aromatic rings. The molecule has 0 aromatic heterocycles. The van der Waals surface area contributed by atoms with Gasteiger partial charge in [0.25, 0.3) is 0 Å². The molecule has 25 heavy (non-hydrogen) atoms. The summed E-state index contributed by atoms with van der Waals surface area (Å²) < 4.78 is 5.25. The monoisotopic (exact) mass is 362 g/mol. The fraction of sp³-hybridized carbons (Fsp3) is 0.350. The lowest BCUT2D eigenvalue weighted by molar-refractivity contribution is -0.116. The Labute approximate surface area is 156 Å². The van der Waals surface area contributed by atoms with Crippen molar-refractivity contribution in [3.05, 3.63) is 59.7 Å². The summed E-state index contributed by atoms with van der Waals surface area (Å²) in [7, 11) is 1.65. The normalized spacial score (nSPS) is 11.3. The lowest BCUT2D eigenvalue weighted by Gasteiger charge is -2.15. The average Bonchev–Trinajstić information content (AvgIpc) is 2.61. The van der Waals surface area contributed by atoms with E-state index < -0.39 is 0 Å². The van der Waals surface area contributed by atoms with E-state index in [1.54, 1.807) is 7.11 Å². The Bertz CT molecular complexity index is 676. The molecule has 2 rings (SSSR count). The van der Waals surface area contributed by atoms with Gasteiger partial charge in [0.15, 0.2) is 0 Å². The zero-order valence-electron chi connectivity index (χ0n) is 15.0. The Balaban J connectivity index is 0.00000312. The third-order valence-corrected chi connectivity index (χ3v) is 4.01. The van der Waals surface area contributed by atoms with Gasteiger partial charge in [-0.15, -0.1) is 12.4 Å². The van der Waals surface area contributed by atoms with Crippen LogP contribution < -0.4 is 15.4 Å². The lowest BCUT2D eigenvalue weighted by atomic mass is 9.97. The number of para-hydroxylation sites is 1. The molecule has 2 aromatic carbocycles. The summed E-state index contributed by atoms with van der Waals surface area (Å²) in [4.78, 5) is 12.4. The molecule has 0 bridgehead atoms. The third-order valence-electron chi connectivity index (χ3n) is 4.01. The van der Waals surface area contributed by atoms with E-state index in [4.69, 9.17) is 4.74 Å². The Morgan fingerprint density at radius 3 is 2.64 bits per heavy atom. The first-order valence-corrected chi connectivity index (χ1v) is 8.36. The number of hydrogen-bond acceptors (Lipinski definition) is 3. The van der Waals surface area contributed by atoms with E-state index in [9.17, 15) is 4.79 Å². The SMILES string of the molecule is CCNCc1ccccc1NC(=O)CC(C)c1cccc(OC)c1.Cl. The number of benzene rings is 2. The zero-order valence-corrected chi connectivity index (χ0v) is 15.9. The first kappa shape index (κ1) is 21.0. The molecule has 0 saturated carbocycles. The molecule has 0 fully saturated rings. The van der Waals surface area contributed by atoms with Gasteiger partial charge < -0.3 is 15.4 Å². The first-order chi connectivity index (χ1) is 11.6. The number of methoxy groups -OCH3 is 1. The van der Waals surface area contributed by atoms with E-state index in [1.165, 1.54) is 0 Å². The standard InChI is InChI=1S/C20H26N2O2.ClH/c1-4-21-14-17-8-5-6-11-19(17)22-20(23)12-15(2)16-9-7-10-18(13-16)24-3;/h5-11,13,15,21H,4,12,14H2,1-3H3,(H,22,23);1H. The summed E-state index contributed by atoms with van der Waals surface area (Å²) >= 11 is 0. The summed E-state index contributed by atoms with van der Waals surface area (Å²) in [5.74, 6) is 0.964. The van der Waals surface area contributed by atoms with Gasteiger partial charge in [0, 0.05) is 18.7 Å². The van der Waals surface area contributed by atoms with Gasteiger partial charge in [0.1, 0.15) is 5.75 Å². The van der Waals surface area contributed by atoms with Gasteiger partial charge in [-0.1, -0.05) is 44.2 Å². The summed E-state index contributed by atoms with van der Waals surface area (Å²) in [5.41, 5.74) is 3.08. The minimum atomic E-state index is 0. The van der Waals surface area contributed by atoms with Crippen molar-refractivity contribution in [2.75, 3.05) is 19.0 Å². The van der Waals surface area contributed by atoms with Crippen LogP contribution in [0.1, 0.15) is 37.3 Å². The van der Waals surface area contributed by atoms with Crippen molar-refractivity contribution in [2.24, 2.45) is 0 Å². The van der Waals surface area contributed by atoms with E-state index in [-0.39, 0.29) is 24.2 Å². The molecule has 0 aliphatic carbocycles. The molecule has 0 spiro atoms. The van der Waals surface area contributed by atoms with E-state index >= 15 is 0 Å². The molecule has 0 aliphatic rings. The maximum Gasteiger partial charge on any atom is 0.224 e. The van der Waals surface area contributed by atoms with Crippen molar-refractivity contribution in [1.29, 1.82) is 0 Å². The third kappa shape index (κ3) is 6.40. The van der Waals surface area contributed by atoms with Crippen molar-refractivity contribution < 1.29 is 9.53 Å². The highest BCUT2D eigenvalue weighted by molar-refractivity contribution is 5.92. The Morgan fingerprint density at radius 2 is 1.92 bits per heavy atom. The van der Waals surface area contributed by atoms with Crippen LogP contribution in [0.4, 0.5) is 5.69 Å². The Hall–Kier alpha value is -2.04. The van der Waals surface area contributed by atoms with Crippen LogP contribution in [0.5, 0.6) is 5.75 Å². The van der Waals surface area contributed by atoms with Crippen LogP contribution in [0.2, 0.25) is 0 Å². The average molecular weight is 363 g/mol. The van der Waals surface area contributed by atoms with Crippen LogP contribution in [0.15, 0.2) is 48.5 Å². The second-order valence-electron chi connectivity index (χ2n) is 5.87. The molecule has 0 saturated heterocycles. The number of amides is 1. The van der Waals surface area contributed by atoms with Gasteiger partial charge in [-0.2, -0.15) is 0 Å². The largest absolute Gasteiger partial charge is 0.497 e. The van der Waals surface area contributed by atoms with Crippen LogP contribution in [-0.4, -0.2) is 19.6 Å². The predicted octanol–water partition coefficient (Wildman–Crippen LogP) is 4.36. The second-order valence-corrected chi connectivity index (χ2v) is 5.87. The van der Waals surface area contributed by atoms with Crippen molar-refractivity contribution in [1.82, 2.24) is 5.32 Å². The fourth-order valence-corrected chi connectivity index (χ4v) is 2.60. The van der Waals surface area contributed by atoms with E-state index in [1.807, 2.05) is 48.5 Å². The molecule has 1 atom stereocenters. The van der Waals surface area contributed by atoms with Crippen LogP contribution in [0.3, 0.4) is 0 Å². The minimum absolute atomic E-state index is 0. The molecule has 4 nitrogen and oxygen atoms in total. The van der Waals surface area contributed by atoms with Gasteiger partial charge >= 0.3 is 0 Å². The quantitative estimate of drug-likeness (QED) is 0.733. The number of nitrogens with one attached hydrogen (secondary N) is 2. The highest BCUT2D eigenvalue weighted by Gasteiger charge is 2.13. The summed E-state index contributed by atoms with van der Waals surface area (Å²) in [5, 5.41) is 6.33. The molecule has 1 unspecified atom stereocenters. The van der Waals surface area contributed by atoms with Crippen LogP contribution in [0, 0.1) is 0 Å². The van der Waals surface area contributed by atoms with Crippen molar-refractivity contribution in [3.8, 4) is 5.75 Å². The van der Waals surface area contributed by atoms with Crippen molar-refractivity contribution in [3.63, 3.8) is 0 Å². The molecule has 0 radical (unpaired) electrons. The van der Waals surface area contributed by atoms with Gasteiger partial charge in [-0.05, 0) is 41.8 Å². The van der Waals surface area contributed by atoms with Crippen LogP contribution in [0.25, 0.3) is 0 Å². The smallest absolute Gasteiger partial charge is 0.224 e. The minimum Gasteiger partial charge on any atom is -0.497 e. The van der Waals surface area contributed by atoms with E-state index in [0.717, 1.165) is 35.7 Å². The molecule has 136 valence electrons. The zero-order chi connectivity index (χ0) is 17.4. The highest BCUT2D eigenvalue weighted by atomic mass is 35.5. The Kier molecular flexibility index (Phi) is 9.03. The van der Waals surface area contributed by atoms with Crippen LogP contribution >= 0.6 is 12.4 Å². The van der Waals surface area contributed by atoms with Gasteiger partial charge in [0.2, 0.25) is 5.91 Å². The number of carbonyl (C=O) groups is 1. The number of ether oxygens (including phenoxy) is 1. The maximum absolute atomic E-state index is 12.4. The van der Waals surface area contributed by atoms with Gasteiger partial charge in [0.05, 0.1) is 7.11 Å². The fourth-order valence-electron chi connectivity index (χ4n) is 2.60. The topological polar surface area (TPSA) is 50.4 Å². The number of anilines is 1. The molecular weight excluding hydrogens is 336 g/mol. The number of hydrogen-bond donors (Lipinski definition) is 2. The first-order valence-electron chi connectivity index (χ1n) is 8.36. The second kappa shape index (κ2) is 10.7. The predicted molar refractivity (Wildman–Crippen MR) is 106 cm³/mol. The van der Waals surface area contributed by atoms with Gasteiger partial charge in [-0.25, -0.2) is 0 Å². The molecular formula is C20H27ClN2O2. The van der Waals surface area contributed by atoms with Crippen LogP contribution in [-0.2, 0) is 11.3 Å². The number of carbonyl (C=O) groups excluding carboxylic acids is 1. The van der Waals surface area contributed by atoms with E-state index in [2.05, 4.69) is 24.5 Å². The number of halogens is 1. The summed E-state index contributed by atoms with van der Waals surface area (Å²) in [6, 6.07) is 15.8. The van der Waals surface area contributed by atoms with Crippen molar-refractivity contribution >= 4 is 24.0 Å². The summed E-state index contributed by atoms with van der Waals surface area (Å²) in [6.07, 6.45) is 0.433. The number of rotatable bonds is 8. The molecule has 5 heteroatoms. The maximum atomic E-state index is 12.4. The lowest BCUT2D eigenvalue weighted by Crippen LogP contribution is -2.18. The van der Waals surface area contributed by atoms with Crippen molar-refractivity contribution in [2.45, 2.75) is 32.7 Å². The van der Waals surface area contributed by atoms with E-state index in [0.29, 0.717) is 6.42 Å². The molecule has 2 N–H and O–H groups in total. The highest BCUT2D eigenvalue weighted by Crippen LogP contribution is 2.24. The Morgan fingerprint density at radius 1 is 1.16 bits per heavy atom. The molecule has 0 heterocycles. The van der Waals surface area contributed by atoms with Gasteiger partial charge in [-0.3, -0.25) is 4.79 Å². The molecule has 1 amide bonds.